The lowest BCUT2D eigenvalue weighted by atomic mass is 10.1. The minimum Gasteiger partial charge on any atom is -0.481 e. The Kier molecular flexibility index (Phi) is 5.55. The fourth-order valence-corrected chi connectivity index (χ4v) is 2.22. The van der Waals surface area contributed by atoms with Gasteiger partial charge in [0, 0.05) is 25.4 Å². The van der Waals surface area contributed by atoms with Gasteiger partial charge >= 0.3 is 5.97 Å². The summed E-state index contributed by atoms with van der Waals surface area (Å²) in [5.41, 5.74) is 0. The number of hydrogen-bond donors (Lipinski definition) is 1. The number of likely N-dealkylation sites (tertiary alicyclic amines) is 1. The molecule has 1 aliphatic rings. The molecule has 4 nitrogen and oxygen atoms in total. The molecular weight excluding hydrogens is 218 g/mol. The molecule has 0 aromatic rings. The van der Waals surface area contributed by atoms with Crippen LogP contribution in [-0.2, 0) is 9.59 Å². The van der Waals surface area contributed by atoms with Crippen molar-refractivity contribution in [1.29, 1.82) is 0 Å². The second-order valence-electron chi connectivity index (χ2n) is 4.39. The highest BCUT2D eigenvalue weighted by atomic mass is 16.4. The number of unbranched alkanes of at least 4 members (excludes halogenated alkanes) is 2. The first kappa shape index (κ1) is 13.6. The molecule has 1 fully saturated rings. The molecule has 0 bridgehead atoms. The van der Waals surface area contributed by atoms with Crippen LogP contribution in [0.5, 0.6) is 0 Å². The van der Waals surface area contributed by atoms with Crippen LogP contribution in [0.1, 0.15) is 44.9 Å². The number of rotatable bonds is 6. The smallest absolute Gasteiger partial charge is 0.305 e. The number of carboxylic acid groups (broad SMARTS) is 1. The van der Waals surface area contributed by atoms with Gasteiger partial charge in [0.2, 0.25) is 5.91 Å². The molecule has 17 heavy (non-hydrogen) atoms. The maximum absolute atomic E-state index is 11.9. The van der Waals surface area contributed by atoms with Crippen molar-refractivity contribution in [1.82, 2.24) is 4.90 Å². The van der Waals surface area contributed by atoms with E-state index in [1.807, 2.05) is 0 Å². The van der Waals surface area contributed by atoms with E-state index < -0.39 is 5.97 Å². The van der Waals surface area contributed by atoms with Crippen molar-refractivity contribution in [3.63, 3.8) is 0 Å². The molecule has 0 spiro atoms. The molecule has 0 aromatic heterocycles. The van der Waals surface area contributed by atoms with Gasteiger partial charge in [0.15, 0.2) is 0 Å². The van der Waals surface area contributed by atoms with Gasteiger partial charge in [-0.3, -0.25) is 9.59 Å². The van der Waals surface area contributed by atoms with Crippen LogP contribution in [0, 0.1) is 12.3 Å². The van der Waals surface area contributed by atoms with E-state index in [0.29, 0.717) is 19.4 Å². The Balaban J connectivity index is 2.34. The molecule has 0 radical (unpaired) electrons. The normalized spacial score (nSPS) is 19.0. The zero-order chi connectivity index (χ0) is 12.7. The Hall–Kier alpha value is -1.50. The van der Waals surface area contributed by atoms with E-state index in [1.165, 1.54) is 0 Å². The van der Waals surface area contributed by atoms with Crippen molar-refractivity contribution in [3.8, 4) is 12.3 Å². The lowest BCUT2D eigenvalue weighted by molar-refractivity contribution is -0.139. The Morgan fingerprint density at radius 3 is 2.82 bits per heavy atom. The number of carbonyl (C=O) groups excluding carboxylic acids is 1. The van der Waals surface area contributed by atoms with Gasteiger partial charge in [-0.2, -0.15) is 0 Å². The molecular formula is C13H19NO3. The number of carbonyl (C=O) groups is 2. The summed E-state index contributed by atoms with van der Waals surface area (Å²) in [6.45, 7) is 0.700. The Morgan fingerprint density at radius 1 is 1.41 bits per heavy atom. The third-order valence-electron chi connectivity index (χ3n) is 3.07. The van der Waals surface area contributed by atoms with Gasteiger partial charge in [-0.25, -0.2) is 0 Å². The van der Waals surface area contributed by atoms with Gasteiger partial charge in [0.05, 0.1) is 6.42 Å². The first-order valence-electron chi connectivity index (χ1n) is 6.10. The summed E-state index contributed by atoms with van der Waals surface area (Å²) in [5.74, 6) is 1.79. The number of hydrogen-bond acceptors (Lipinski definition) is 2. The zero-order valence-corrected chi connectivity index (χ0v) is 10.0. The largest absolute Gasteiger partial charge is 0.481 e. The summed E-state index contributed by atoms with van der Waals surface area (Å²) in [5, 5.41) is 8.76. The molecule has 1 atom stereocenters. The van der Waals surface area contributed by atoms with Crippen LogP contribution in [-0.4, -0.2) is 34.5 Å². The monoisotopic (exact) mass is 237 g/mol. The molecule has 1 N–H and O–H groups in total. The quantitative estimate of drug-likeness (QED) is 0.564. The number of nitrogens with zero attached hydrogens (tertiary/aromatic N) is 1. The highest BCUT2D eigenvalue weighted by molar-refractivity contribution is 5.78. The summed E-state index contributed by atoms with van der Waals surface area (Å²) < 4.78 is 0. The van der Waals surface area contributed by atoms with Gasteiger partial charge in [-0.15, -0.1) is 12.3 Å². The molecule has 1 amide bonds. The second kappa shape index (κ2) is 6.95. The van der Waals surface area contributed by atoms with Crippen molar-refractivity contribution in [2.24, 2.45) is 0 Å². The molecule has 4 heteroatoms. The van der Waals surface area contributed by atoms with E-state index in [1.54, 1.807) is 4.90 Å². The average Bonchev–Trinajstić information content (AvgIpc) is 2.71. The third kappa shape index (κ3) is 4.48. The van der Waals surface area contributed by atoms with E-state index in [4.69, 9.17) is 11.5 Å². The first-order valence-corrected chi connectivity index (χ1v) is 6.10. The fraction of sp³-hybridized carbons (Fsp3) is 0.692. The summed E-state index contributed by atoms with van der Waals surface area (Å²) in [4.78, 5) is 24.3. The molecule has 0 aliphatic carbocycles. The summed E-state index contributed by atoms with van der Waals surface area (Å²) in [6, 6.07) is -0.104. The van der Waals surface area contributed by atoms with Crippen LogP contribution in [0.3, 0.4) is 0 Å². The predicted molar refractivity (Wildman–Crippen MR) is 64.3 cm³/mol. The second-order valence-corrected chi connectivity index (χ2v) is 4.39. The van der Waals surface area contributed by atoms with E-state index >= 15 is 0 Å². The van der Waals surface area contributed by atoms with E-state index in [-0.39, 0.29) is 18.4 Å². The topological polar surface area (TPSA) is 57.6 Å². The lowest BCUT2D eigenvalue weighted by Gasteiger charge is -2.23. The summed E-state index contributed by atoms with van der Waals surface area (Å²) in [6.07, 6.45) is 9.75. The van der Waals surface area contributed by atoms with Gasteiger partial charge in [-0.05, 0) is 25.7 Å². The van der Waals surface area contributed by atoms with E-state index in [2.05, 4.69) is 5.92 Å². The number of amides is 1. The summed E-state index contributed by atoms with van der Waals surface area (Å²) >= 11 is 0. The Labute approximate surface area is 102 Å². The van der Waals surface area contributed by atoms with Gasteiger partial charge in [0.1, 0.15) is 0 Å². The zero-order valence-electron chi connectivity index (χ0n) is 10.0. The van der Waals surface area contributed by atoms with Crippen LogP contribution >= 0.6 is 0 Å². The summed E-state index contributed by atoms with van der Waals surface area (Å²) in [7, 11) is 0. The molecule has 1 unspecified atom stereocenters. The van der Waals surface area contributed by atoms with Crippen LogP contribution in [0.4, 0.5) is 0 Å². The maximum atomic E-state index is 11.9. The van der Waals surface area contributed by atoms with Crippen molar-refractivity contribution < 1.29 is 14.7 Å². The number of terminal acetylenes is 1. The Bertz CT molecular complexity index is 319. The lowest BCUT2D eigenvalue weighted by Crippen LogP contribution is -2.36. The molecule has 1 heterocycles. The van der Waals surface area contributed by atoms with Crippen molar-refractivity contribution in [2.45, 2.75) is 51.0 Å². The molecule has 1 rings (SSSR count). The van der Waals surface area contributed by atoms with Gasteiger partial charge < -0.3 is 10.0 Å². The maximum Gasteiger partial charge on any atom is 0.305 e. The van der Waals surface area contributed by atoms with Crippen LogP contribution < -0.4 is 0 Å². The highest BCUT2D eigenvalue weighted by Gasteiger charge is 2.29. The fourth-order valence-electron chi connectivity index (χ4n) is 2.22. The van der Waals surface area contributed by atoms with Gasteiger partial charge in [0.25, 0.3) is 0 Å². The molecule has 0 saturated carbocycles. The molecule has 94 valence electrons. The predicted octanol–water partition coefficient (Wildman–Crippen LogP) is 1.65. The number of carboxylic acids is 1. The van der Waals surface area contributed by atoms with Crippen molar-refractivity contribution in [3.05, 3.63) is 0 Å². The first-order chi connectivity index (χ1) is 8.15. The van der Waals surface area contributed by atoms with Crippen LogP contribution in [0.2, 0.25) is 0 Å². The van der Waals surface area contributed by atoms with E-state index in [9.17, 15) is 9.59 Å². The third-order valence-corrected chi connectivity index (χ3v) is 3.07. The standard InChI is InChI=1S/C13H19NO3/c1-2-3-4-5-8-12(15)14-9-6-7-11(14)10-13(16)17/h1,11H,3-10H2,(H,16,17). The molecule has 1 saturated heterocycles. The minimum atomic E-state index is -0.831. The molecule has 0 aromatic carbocycles. The Morgan fingerprint density at radius 2 is 2.18 bits per heavy atom. The van der Waals surface area contributed by atoms with E-state index in [0.717, 1.165) is 25.7 Å². The minimum absolute atomic E-state index is 0.0656. The van der Waals surface area contributed by atoms with Crippen molar-refractivity contribution >= 4 is 11.9 Å². The van der Waals surface area contributed by atoms with Gasteiger partial charge in [-0.1, -0.05) is 0 Å². The average molecular weight is 237 g/mol. The number of aliphatic carboxylic acids is 1. The van der Waals surface area contributed by atoms with Crippen LogP contribution in [0.25, 0.3) is 0 Å². The highest BCUT2D eigenvalue weighted by Crippen LogP contribution is 2.21. The van der Waals surface area contributed by atoms with Crippen molar-refractivity contribution in [2.75, 3.05) is 6.54 Å². The van der Waals surface area contributed by atoms with Crippen LogP contribution in [0.15, 0.2) is 0 Å². The SMILES string of the molecule is C#CCCCCC(=O)N1CCCC1CC(=O)O. The molecule has 1 aliphatic heterocycles.